The lowest BCUT2D eigenvalue weighted by molar-refractivity contribution is 0.0427. The van der Waals surface area contributed by atoms with E-state index < -0.39 is 5.60 Å². The molecule has 0 radical (unpaired) electrons. The monoisotopic (exact) mass is 354 g/mol. The molecular formula is C19H18N2O3S. The molecule has 0 bridgehead atoms. The molecule has 1 atom stereocenters. The molecule has 1 aromatic carbocycles. The molecular weight excluding hydrogens is 336 g/mol. The highest BCUT2D eigenvalue weighted by molar-refractivity contribution is 7.98. The van der Waals surface area contributed by atoms with Gasteiger partial charge in [-0.05, 0) is 30.5 Å². The molecule has 128 valence electrons. The Morgan fingerprint density at radius 2 is 2.12 bits per heavy atom. The van der Waals surface area contributed by atoms with E-state index in [0.717, 1.165) is 5.03 Å². The minimum absolute atomic E-state index is 0.0516. The van der Waals surface area contributed by atoms with Gasteiger partial charge in [0.25, 0.3) is 5.91 Å². The van der Waals surface area contributed by atoms with Gasteiger partial charge in [0.05, 0.1) is 24.1 Å². The number of nitrogens with zero attached hydrogens (tertiary/aromatic N) is 2. The molecule has 0 saturated carbocycles. The fourth-order valence-electron chi connectivity index (χ4n) is 3.58. The molecule has 1 spiro atoms. The Hall–Kier alpha value is -2.34. The molecule has 1 amide bonds. The lowest BCUT2D eigenvalue weighted by atomic mass is 9.89. The number of carbonyl (C=O) groups is 2. The van der Waals surface area contributed by atoms with Crippen molar-refractivity contribution >= 4 is 23.5 Å². The molecule has 1 aromatic heterocycles. The Morgan fingerprint density at radius 1 is 1.28 bits per heavy atom. The summed E-state index contributed by atoms with van der Waals surface area (Å²) < 4.78 is 6.19. The number of para-hydroxylation sites is 1. The summed E-state index contributed by atoms with van der Waals surface area (Å²) in [6, 6.07) is 10.9. The number of aromatic nitrogens is 1. The first-order valence-corrected chi connectivity index (χ1v) is 9.44. The first-order chi connectivity index (χ1) is 12.1. The molecule has 1 unspecified atom stereocenters. The third-order valence-corrected chi connectivity index (χ3v) is 5.51. The number of Topliss-reactive ketones (excluding diaryl/α,β-unsaturated/α-hetero) is 1. The number of pyridine rings is 1. The number of rotatable bonds is 2. The Balaban J connectivity index is 1.58. The molecule has 0 aliphatic carbocycles. The van der Waals surface area contributed by atoms with E-state index >= 15 is 0 Å². The standard InChI is InChI=1S/C19H18N2O3S/c1-25-17-14(6-4-9-20-17)18(23)21-10-8-19(12-21)11-15(22)13-5-2-3-7-16(13)24-19/h2-7,9H,8,10-12H2,1H3. The third kappa shape index (κ3) is 2.80. The van der Waals surface area contributed by atoms with Crippen LogP contribution in [0.3, 0.4) is 0 Å². The first kappa shape index (κ1) is 16.1. The first-order valence-electron chi connectivity index (χ1n) is 8.21. The summed E-state index contributed by atoms with van der Waals surface area (Å²) in [6.07, 6.45) is 4.57. The summed E-state index contributed by atoms with van der Waals surface area (Å²) in [4.78, 5) is 31.5. The number of ketones is 1. The van der Waals surface area contributed by atoms with Crippen molar-refractivity contribution in [2.45, 2.75) is 23.5 Å². The summed E-state index contributed by atoms with van der Waals surface area (Å²) in [5.41, 5.74) is 0.632. The quantitative estimate of drug-likeness (QED) is 0.776. The van der Waals surface area contributed by atoms with Crippen LogP contribution < -0.4 is 4.74 Å². The molecule has 2 aromatic rings. The fraction of sp³-hybridized carbons (Fsp3) is 0.316. The number of benzene rings is 1. The minimum atomic E-state index is -0.608. The highest BCUT2D eigenvalue weighted by Crippen LogP contribution is 2.39. The lowest BCUT2D eigenvalue weighted by Crippen LogP contribution is -2.45. The van der Waals surface area contributed by atoms with E-state index in [9.17, 15) is 9.59 Å². The molecule has 1 fully saturated rings. The van der Waals surface area contributed by atoms with Crippen molar-refractivity contribution in [2.75, 3.05) is 19.3 Å². The lowest BCUT2D eigenvalue weighted by Gasteiger charge is -2.34. The van der Waals surface area contributed by atoms with Crippen LogP contribution in [0.15, 0.2) is 47.6 Å². The Kier molecular flexibility index (Phi) is 4.00. The van der Waals surface area contributed by atoms with Crippen LogP contribution in [0.25, 0.3) is 0 Å². The van der Waals surface area contributed by atoms with Gasteiger partial charge >= 0.3 is 0 Å². The van der Waals surface area contributed by atoms with Gasteiger partial charge in [-0.15, -0.1) is 11.8 Å². The van der Waals surface area contributed by atoms with E-state index in [4.69, 9.17) is 4.74 Å². The largest absolute Gasteiger partial charge is 0.484 e. The summed E-state index contributed by atoms with van der Waals surface area (Å²) in [5.74, 6) is 0.658. The zero-order valence-electron chi connectivity index (χ0n) is 13.9. The number of hydrogen-bond acceptors (Lipinski definition) is 5. The summed E-state index contributed by atoms with van der Waals surface area (Å²) >= 11 is 1.46. The van der Waals surface area contributed by atoms with E-state index in [2.05, 4.69) is 4.98 Å². The minimum Gasteiger partial charge on any atom is -0.484 e. The van der Waals surface area contributed by atoms with Crippen molar-refractivity contribution in [3.05, 3.63) is 53.7 Å². The average molecular weight is 354 g/mol. The van der Waals surface area contributed by atoms with Gasteiger partial charge in [-0.3, -0.25) is 9.59 Å². The van der Waals surface area contributed by atoms with Gasteiger partial charge in [0.15, 0.2) is 5.78 Å². The van der Waals surface area contributed by atoms with Crippen LogP contribution in [0.1, 0.15) is 33.6 Å². The molecule has 5 nitrogen and oxygen atoms in total. The van der Waals surface area contributed by atoms with Crippen molar-refractivity contribution in [1.29, 1.82) is 0 Å². The normalized spacial score (nSPS) is 22.0. The fourth-order valence-corrected chi connectivity index (χ4v) is 4.12. The number of amides is 1. The predicted molar refractivity (Wildman–Crippen MR) is 95.3 cm³/mol. The van der Waals surface area contributed by atoms with E-state index in [1.807, 2.05) is 24.5 Å². The second kappa shape index (κ2) is 6.19. The number of hydrogen-bond donors (Lipinski definition) is 0. The Labute approximate surface area is 150 Å². The van der Waals surface area contributed by atoms with Crippen LogP contribution in [0.4, 0.5) is 0 Å². The van der Waals surface area contributed by atoms with Crippen molar-refractivity contribution in [3.63, 3.8) is 0 Å². The number of ether oxygens (including phenoxy) is 1. The van der Waals surface area contributed by atoms with Crippen LogP contribution in [-0.2, 0) is 0 Å². The number of carbonyl (C=O) groups excluding carboxylic acids is 2. The molecule has 1 saturated heterocycles. The maximum atomic E-state index is 12.9. The van der Waals surface area contributed by atoms with Gasteiger partial charge in [-0.1, -0.05) is 12.1 Å². The smallest absolute Gasteiger partial charge is 0.256 e. The van der Waals surface area contributed by atoms with Crippen LogP contribution >= 0.6 is 11.8 Å². The second-order valence-corrected chi connectivity index (χ2v) is 7.21. The highest BCUT2D eigenvalue weighted by Gasteiger charge is 2.47. The van der Waals surface area contributed by atoms with Crippen molar-refractivity contribution < 1.29 is 14.3 Å². The van der Waals surface area contributed by atoms with Crippen LogP contribution in [0, 0.1) is 0 Å². The third-order valence-electron chi connectivity index (χ3n) is 4.80. The van der Waals surface area contributed by atoms with Crippen molar-refractivity contribution in [3.8, 4) is 5.75 Å². The number of fused-ring (bicyclic) bond motifs is 1. The van der Waals surface area contributed by atoms with Gasteiger partial charge < -0.3 is 9.64 Å². The Bertz CT molecular complexity index is 854. The van der Waals surface area contributed by atoms with Gasteiger partial charge in [-0.2, -0.15) is 0 Å². The van der Waals surface area contributed by atoms with Gasteiger partial charge in [0.2, 0.25) is 0 Å². The van der Waals surface area contributed by atoms with Gasteiger partial charge in [0, 0.05) is 19.2 Å². The van der Waals surface area contributed by atoms with Crippen molar-refractivity contribution in [1.82, 2.24) is 9.88 Å². The van der Waals surface area contributed by atoms with E-state index in [0.29, 0.717) is 42.8 Å². The molecule has 25 heavy (non-hydrogen) atoms. The zero-order chi connectivity index (χ0) is 17.4. The zero-order valence-corrected chi connectivity index (χ0v) is 14.7. The van der Waals surface area contributed by atoms with E-state index in [1.54, 1.807) is 29.3 Å². The topological polar surface area (TPSA) is 59.5 Å². The van der Waals surface area contributed by atoms with Crippen molar-refractivity contribution in [2.24, 2.45) is 0 Å². The maximum absolute atomic E-state index is 12.9. The second-order valence-electron chi connectivity index (χ2n) is 6.42. The van der Waals surface area contributed by atoms with Gasteiger partial charge in [0.1, 0.15) is 16.4 Å². The van der Waals surface area contributed by atoms with E-state index in [-0.39, 0.29) is 11.7 Å². The number of likely N-dealkylation sites (tertiary alicyclic amines) is 1. The molecule has 6 heteroatoms. The summed E-state index contributed by atoms with van der Waals surface area (Å²) in [6.45, 7) is 1.01. The highest BCUT2D eigenvalue weighted by atomic mass is 32.2. The molecule has 3 heterocycles. The van der Waals surface area contributed by atoms with Crippen LogP contribution in [0.2, 0.25) is 0 Å². The Morgan fingerprint density at radius 3 is 2.96 bits per heavy atom. The number of thioether (sulfide) groups is 1. The van der Waals surface area contributed by atoms with E-state index in [1.165, 1.54) is 11.8 Å². The average Bonchev–Trinajstić information content (AvgIpc) is 3.04. The van der Waals surface area contributed by atoms with Gasteiger partial charge in [-0.25, -0.2) is 4.98 Å². The summed E-state index contributed by atoms with van der Waals surface area (Å²) in [7, 11) is 0. The molecule has 4 rings (SSSR count). The molecule has 2 aliphatic rings. The molecule has 0 N–H and O–H groups in total. The van der Waals surface area contributed by atoms with Crippen LogP contribution in [0.5, 0.6) is 5.75 Å². The van der Waals surface area contributed by atoms with Crippen LogP contribution in [-0.4, -0.2) is 46.5 Å². The predicted octanol–water partition coefficient (Wildman–Crippen LogP) is 3.05. The molecule has 2 aliphatic heterocycles. The maximum Gasteiger partial charge on any atom is 0.256 e. The SMILES string of the molecule is CSc1ncccc1C(=O)N1CCC2(CC(=O)c3ccccc3O2)C1. The summed E-state index contributed by atoms with van der Waals surface area (Å²) in [5, 5.41) is 0.722.